The zero-order chi connectivity index (χ0) is 14.5. The van der Waals surface area contributed by atoms with E-state index in [4.69, 9.17) is 11.6 Å². The van der Waals surface area contributed by atoms with Gasteiger partial charge < -0.3 is 0 Å². The second-order valence-electron chi connectivity index (χ2n) is 4.87. The van der Waals surface area contributed by atoms with Crippen molar-refractivity contribution in [3.05, 3.63) is 58.9 Å². The molecule has 1 atom stereocenters. The maximum absolute atomic E-state index is 13.8. The van der Waals surface area contributed by atoms with Crippen LogP contribution in [0.3, 0.4) is 0 Å². The zero-order valence-corrected chi connectivity index (χ0v) is 12.3. The number of nitrogens with zero attached hydrogens (tertiary/aromatic N) is 3. The Bertz CT molecular complexity index is 542. The maximum Gasteiger partial charge on any atom is 0.129 e. The maximum atomic E-state index is 13.8. The monoisotopic (exact) mass is 293 g/mol. The molecule has 0 amide bonds. The second kappa shape index (κ2) is 6.77. The van der Waals surface area contributed by atoms with Crippen molar-refractivity contribution in [2.75, 3.05) is 7.05 Å². The summed E-state index contributed by atoms with van der Waals surface area (Å²) in [5, 5.41) is 0.462. The number of hydrogen-bond acceptors (Lipinski definition) is 3. The van der Waals surface area contributed by atoms with Gasteiger partial charge in [0, 0.05) is 48.2 Å². The van der Waals surface area contributed by atoms with Gasteiger partial charge in [0.05, 0.1) is 5.69 Å². The molecule has 0 aliphatic heterocycles. The summed E-state index contributed by atoms with van der Waals surface area (Å²) in [5.74, 6) is -0.268. The summed E-state index contributed by atoms with van der Waals surface area (Å²) < 4.78 is 13.8. The number of rotatable bonds is 5. The third-order valence-corrected chi connectivity index (χ3v) is 3.70. The van der Waals surface area contributed by atoms with Crippen LogP contribution in [0.5, 0.6) is 0 Å². The quantitative estimate of drug-likeness (QED) is 0.847. The third kappa shape index (κ3) is 3.74. The van der Waals surface area contributed by atoms with Gasteiger partial charge in [0.15, 0.2) is 0 Å². The first-order chi connectivity index (χ1) is 9.58. The average molecular weight is 294 g/mol. The van der Waals surface area contributed by atoms with Gasteiger partial charge in [-0.1, -0.05) is 17.7 Å². The Kier molecular flexibility index (Phi) is 5.04. The molecule has 1 heterocycles. The van der Waals surface area contributed by atoms with E-state index >= 15 is 0 Å². The molecule has 20 heavy (non-hydrogen) atoms. The molecule has 1 aromatic carbocycles. The Labute approximate surface area is 123 Å². The van der Waals surface area contributed by atoms with Crippen LogP contribution < -0.4 is 0 Å². The molecule has 0 radical (unpaired) electrons. The Morgan fingerprint density at radius 1 is 1.35 bits per heavy atom. The molecule has 106 valence electrons. The molecular formula is C15H17ClFN3. The van der Waals surface area contributed by atoms with Crippen LogP contribution >= 0.6 is 11.6 Å². The molecule has 0 fully saturated rings. The van der Waals surface area contributed by atoms with E-state index in [0.29, 0.717) is 17.1 Å². The molecule has 1 aromatic heterocycles. The van der Waals surface area contributed by atoms with Gasteiger partial charge in [0.25, 0.3) is 0 Å². The highest BCUT2D eigenvalue weighted by molar-refractivity contribution is 6.31. The smallest absolute Gasteiger partial charge is 0.129 e. The van der Waals surface area contributed by atoms with Crippen molar-refractivity contribution in [3.63, 3.8) is 0 Å². The fraction of sp³-hybridized carbons (Fsp3) is 0.333. The number of likely N-dealkylation sites (N-methyl/N-ethyl adjacent to an activating group) is 1. The van der Waals surface area contributed by atoms with Gasteiger partial charge >= 0.3 is 0 Å². The Balaban J connectivity index is 2.02. The molecule has 2 rings (SSSR count). The minimum Gasteiger partial charge on any atom is -0.299 e. The lowest BCUT2D eigenvalue weighted by Crippen LogP contribution is -2.31. The first-order valence-corrected chi connectivity index (χ1v) is 6.83. The zero-order valence-electron chi connectivity index (χ0n) is 11.6. The van der Waals surface area contributed by atoms with Crippen LogP contribution in [0, 0.1) is 5.82 Å². The van der Waals surface area contributed by atoms with Crippen LogP contribution in [-0.2, 0) is 13.0 Å². The van der Waals surface area contributed by atoms with E-state index in [0.717, 1.165) is 12.1 Å². The van der Waals surface area contributed by atoms with E-state index in [1.165, 1.54) is 6.07 Å². The van der Waals surface area contributed by atoms with Crippen molar-refractivity contribution < 1.29 is 4.39 Å². The molecule has 0 aliphatic rings. The fourth-order valence-electron chi connectivity index (χ4n) is 1.98. The van der Waals surface area contributed by atoms with E-state index in [9.17, 15) is 4.39 Å². The van der Waals surface area contributed by atoms with Gasteiger partial charge in [-0.05, 0) is 26.1 Å². The summed E-state index contributed by atoms with van der Waals surface area (Å²) in [7, 11) is 1.95. The predicted molar refractivity (Wildman–Crippen MR) is 78.1 cm³/mol. The standard InChI is InChI=1S/C15H17ClFN3/c1-11(8-12-9-18-6-7-19-12)20(2)10-13-14(16)4-3-5-15(13)17/h3-7,9,11H,8,10H2,1-2H3. The highest BCUT2D eigenvalue weighted by atomic mass is 35.5. The number of halogens is 2. The van der Waals surface area contributed by atoms with Crippen LogP contribution in [0.2, 0.25) is 5.02 Å². The summed E-state index contributed by atoms with van der Waals surface area (Å²) >= 11 is 6.05. The highest BCUT2D eigenvalue weighted by Crippen LogP contribution is 2.21. The molecule has 1 unspecified atom stereocenters. The molecule has 0 spiro atoms. The molecule has 2 aromatic rings. The summed E-state index contributed by atoms with van der Waals surface area (Å²) in [6.45, 7) is 2.54. The largest absolute Gasteiger partial charge is 0.299 e. The summed E-state index contributed by atoms with van der Waals surface area (Å²) in [4.78, 5) is 10.4. The molecule has 0 N–H and O–H groups in total. The van der Waals surface area contributed by atoms with Crippen LogP contribution in [-0.4, -0.2) is 28.0 Å². The highest BCUT2D eigenvalue weighted by Gasteiger charge is 2.15. The van der Waals surface area contributed by atoms with Gasteiger partial charge in [0.1, 0.15) is 5.82 Å². The van der Waals surface area contributed by atoms with Crippen molar-refractivity contribution in [2.24, 2.45) is 0 Å². The topological polar surface area (TPSA) is 29.0 Å². The molecule has 5 heteroatoms. The lowest BCUT2D eigenvalue weighted by Gasteiger charge is -2.25. The Hall–Kier alpha value is -1.52. The van der Waals surface area contributed by atoms with E-state index in [1.54, 1.807) is 30.7 Å². The number of benzene rings is 1. The van der Waals surface area contributed by atoms with Crippen LogP contribution in [0.1, 0.15) is 18.2 Å². The lowest BCUT2D eigenvalue weighted by atomic mass is 10.1. The first kappa shape index (κ1) is 14.9. The van der Waals surface area contributed by atoms with Crippen LogP contribution in [0.15, 0.2) is 36.8 Å². The minimum atomic E-state index is -0.268. The van der Waals surface area contributed by atoms with Gasteiger partial charge in [-0.3, -0.25) is 14.9 Å². The minimum absolute atomic E-state index is 0.211. The van der Waals surface area contributed by atoms with E-state index in [2.05, 4.69) is 21.8 Å². The fourth-order valence-corrected chi connectivity index (χ4v) is 2.21. The van der Waals surface area contributed by atoms with Crippen molar-refractivity contribution in [2.45, 2.75) is 25.9 Å². The van der Waals surface area contributed by atoms with Gasteiger partial charge in [0.2, 0.25) is 0 Å². The third-order valence-electron chi connectivity index (χ3n) is 3.34. The second-order valence-corrected chi connectivity index (χ2v) is 5.27. The van der Waals surface area contributed by atoms with Gasteiger partial charge in [-0.15, -0.1) is 0 Å². The van der Waals surface area contributed by atoms with Gasteiger partial charge in [-0.25, -0.2) is 4.39 Å². The average Bonchev–Trinajstić information content (AvgIpc) is 2.44. The first-order valence-electron chi connectivity index (χ1n) is 6.46. The molecule has 0 bridgehead atoms. The van der Waals surface area contributed by atoms with E-state index in [-0.39, 0.29) is 11.9 Å². The van der Waals surface area contributed by atoms with Crippen molar-refractivity contribution in [3.8, 4) is 0 Å². The lowest BCUT2D eigenvalue weighted by molar-refractivity contribution is 0.243. The van der Waals surface area contributed by atoms with Crippen molar-refractivity contribution in [1.29, 1.82) is 0 Å². The van der Waals surface area contributed by atoms with E-state index < -0.39 is 0 Å². The molecular weight excluding hydrogens is 277 g/mol. The van der Waals surface area contributed by atoms with Crippen molar-refractivity contribution in [1.82, 2.24) is 14.9 Å². The normalized spacial score (nSPS) is 12.7. The molecule has 3 nitrogen and oxygen atoms in total. The molecule has 0 saturated heterocycles. The number of hydrogen-bond donors (Lipinski definition) is 0. The summed E-state index contributed by atoms with van der Waals surface area (Å²) in [6, 6.07) is 4.97. The molecule has 0 saturated carbocycles. The van der Waals surface area contributed by atoms with Crippen molar-refractivity contribution >= 4 is 11.6 Å². The Morgan fingerprint density at radius 2 is 2.15 bits per heavy atom. The van der Waals surface area contributed by atoms with Crippen LogP contribution in [0.4, 0.5) is 4.39 Å². The summed E-state index contributed by atoms with van der Waals surface area (Å²) in [5.41, 5.74) is 1.45. The Morgan fingerprint density at radius 3 is 2.80 bits per heavy atom. The predicted octanol–water partition coefficient (Wildman–Crippen LogP) is 3.33. The van der Waals surface area contributed by atoms with Gasteiger partial charge in [-0.2, -0.15) is 0 Å². The number of aromatic nitrogens is 2. The summed E-state index contributed by atoms with van der Waals surface area (Å²) in [6.07, 6.45) is 5.84. The van der Waals surface area contributed by atoms with Crippen LogP contribution in [0.25, 0.3) is 0 Å². The SMILES string of the molecule is CC(Cc1cnccn1)N(C)Cc1c(F)cccc1Cl. The van der Waals surface area contributed by atoms with E-state index in [1.807, 2.05) is 7.05 Å². The molecule has 0 aliphatic carbocycles.